The summed E-state index contributed by atoms with van der Waals surface area (Å²) in [5, 5.41) is 0. The first-order valence-corrected chi connectivity index (χ1v) is 6.50. The van der Waals surface area contributed by atoms with Gasteiger partial charge >= 0.3 is 111 Å². The average Bonchev–Trinajstić information content (AvgIpc) is 2.54. The number of hydrogen-bond donors (Lipinski definition) is 0. The van der Waals surface area contributed by atoms with E-state index in [1.807, 2.05) is 12.2 Å². The van der Waals surface area contributed by atoms with Crippen LogP contribution in [0.25, 0.3) is 5.57 Å². The molecule has 0 radical (unpaired) electrons. The van der Waals surface area contributed by atoms with E-state index in [4.69, 9.17) is 0 Å². The van der Waals surface area contributed by atoms with Gasteiger partial charge in [0.1, 0.15) is 0 Å². The van der Waals surface area contributed by atoms with Crippen molar-refractivity contribution >= 4 is 5.60 Å². The van der Waals surface area contributed by atoms with Gasteiger partial charge in [0, 0.05) is 0 Å². The Morgan fingerprint density at radius 1 is 1.21 bits per heavy atom. The molecule has 0 bridgehead atoms. The Balaban J connectivity index is 2.62. The van der Waals surface area contributed by atoms with Gasteiger partial charge in [0.05, 0.1) is 0 Å². The van der Waals surface area contributed by atoms with E-state index in [-0.39, 0.29) is 44.2 Å². The molecule has 1 aromatic carbocycles. The molecule has 0 aliphatic carbocycles. The van der Waals surface area contributed by atoms with Crippen molar-refractivity contribution in [3.8, 4) is 0 Å². The van der Waals surface area contributed by atoms with Gasteiger partial charge in [-0.2, -0.15) is 0 Å². The van der Waals surface area contributed by atoms with E-state index in [1.165, 1.54) is 16.8 Å². The van der Waals surface area contributed by atoms with Gasteiger partial charge in [-0.25, -0.2) is 0 Å². The third-order valence-electron chi connectivity index (χ3n) is 2.22. The second kappa shape index (κ2) is 4.25. The first-order chi connectivity index (χ1) is 6.76. The second-order valence-corrected chi connectivity index (χ2v) is 5.89. The fourth-order valence-corrected chi connectivity index (χ4v) is 4.11. The summed E-state index contributed by atoms with van der Waals surface area (Å²) in [6, 6.07) is 6.67. The van der Waals surface area contributed by atoms with Crippen molar-refractivity contribution in [3.05, 3.63) is 54.7 Å². The summed E-state index contributed by atoms with van der Waals surface area (Å²) in [4.78, 5) is 0. The first kappa shape index (κ1) is 10.5. The summed E-state index contributed by atoms with van der Waals surface area (Å²) in [6.45, 7) is 9.87. The molecule has 1 heterocycles. The Bertz CT molecular complexity index is 439. The van der Waals surface area contributed by atoms with Crippen molar-refractivity contribution in [2.24, 2.45) is 0 Å². The molecule has 0 spiro atoms. The second-order valence-electron chi connectivity index (χ2n) is 3.22. The zero-order valence-corrected chi connectivity index (χ0v) is 10.2. The van der Waals surface area contributed by atoms with E-state index in [1.54, 1.807) is 0 Å². The molecule has 1 aliphatic heterocycles. The molecule has 72 valence electrons. The Hall–Kier alpha value is 0.0114. The predicted molar refractivity (Wildman–Crippen MR) is 58.1 cm³/mol. The number of benzene rings is 1. The standard InChI is InChI=1S/C13H12Xe/c1-4-10-11-8-9(3)6-7-13(11)14-12(10)5-2/h4-8H,1-2H2,3H3. The molecular formula is C13H12Xe. The molecule has 1 heteroatoms. The van der Waals surface area contributed by atoms with Crippen molar-refractivity contribution in [2.45, 2.75) is 6.92 Å². The number of hydrogen-bond acceptors (Lipinski definition) is 0. The van der Waals surface area contributed by atoms with E-state index < -0.39 is 0 Å². The van der Waals surface area contributed by atoms with Crippen LogP contribution in [0.4, 0.5) is 0 Å². The van der Waals surface area contributed by atoms with Gasteiger partial charge in [0.15, 0.2) is 0 Å². The molecule has 1 aliphatic rings. The molecule has 0 unspecified atom stereocenters. The molecular weight excluding hydrogens is 287 g/mol. The molecule has 2 rings (SSSR count). The van der Waals surface area contributed by atoms with Crippen LogP contribution in [-0.4, -0.2) is 0 Å². The Labute approximate surface area is 110 Å². The number of allylic oxidation sites excluding steroid dienone is 4. The first-order valence-electron chi connectivity index (χ1n) is 4.49. The normalized spacial score (nSPS) is 14.6. The molecule has 0 saturated heterocycles. The SMILES string of the molecule is C=CC1=C(C=C)c2cc(C)ccc2[Xe]1. The van der Waals surface area contributed by atoms with Gasteiger partial charge in [-0.05, 0) is 0 Å². The van der Waals surface area contributed by atoms with Crippen molar-refractivity contribution in [1.29, 1.82) is 0 Å². The maximum atomic E-state index is 3.88. The molecule has 0 N–H and O–H groups in total. The van der Waals surface area contributed by atoms with Crippen LogP contribution in [0, 0.1) is 51.1 Å². The van der Waals surface area contributed by atoms with Gasteiger partial charge in [-0.1, -0.05) is 0 Å². The van der Waals surface area contributed by atoms with E-state index in [9.17, 15) is 0 Å². The van der Waals surface area contributed by atoms with Gasteiger partial charge < -0.3 is 0 Å². The van der Waals surface area contributed by atoms with Crippen LogP contribution in [0.15, 0.2) is 43.6 Å². The summed E-state index contributed by atoms with van der Waals surface area (Å²) in [5.74, 6) is 0. The van der Waals surface area contributed by atoms with Gasteiger partial charge in [-0.3, -0.25) is 0 Å². The minimum absolute atomic E-state index is 0.172. The number of fused-ring (bicyclic) bond motifs is 1. The van der Waals surface area contributed by atoms with Crippen LogP contribution < -0.4 is 0.0314 Å². The monoisotopic (exact) mass is 300 g/mol. The molecule has 1 aromatic rings. The van der Waals surface area contributed by atoms with Crippen molar-refractivity contribution < 1.29 is 44.2 Å². The van der Waals surface area contributed by atoms with Gasteiger partial charge in [0.25, 0.3) is 0 Å². The summed E-state index contributed by atoms with van der Waals surface area (Å²) in [7, 11) is 0. The van der Waals surface area contributed by atoms with Crippen LogP contribution in [0.3, 0.4) is 0 Å². The van der Waals surface area contributed by atoms with Crippen molar-refractivity contribution in [3.63, 3.8) is 0 Å². The Morgan fingerprint density at radius 2 is 2.00 bits per heavy atom. The van der Waals surface area contributed by atoms with E-state index in [2.05, 4.69) is 38.3 Å². The fraction of sp³-hybridized carbons (Fsp3) is 0.0769. The zero-order valence-electron chi connectivity index (χ0n) is 8.15. The fourth-order valence-electron chi connectivity index (χ4n) is 1.54. The van der Waals surface area contributed by atoms with Crippen LogP contribution >= 0.6 is 0 Å². The van der Waals surface area contributed by atoms with Crippen LogP contribution in [0.2, 0.25) is 0 Å². The van der Waals surface area contributed by atoms with E-state index >= 15 is 0 Å². The number of rotatable bonds is 2. The van der Waals surface area contributed by atoms with Gasteiger partial charge in [-0.15, -0.1) is 0 Å². The zero-order chi connectivity index (χ0) is 10.1. The van der Waals surface area contributed by atoms with Crippen molar-refractivity contribution in [1.82, 2.24) is 0 Å². The number of aryl methyl sites for hydroxylation is 1. The predicted octanol–water partition coefficient (Wildman–Crippen LogP) is 2.80. The Kier molecular flexibility index (Phi) is 3.20. The van der Waals surface area contributed by atoms with Crippen LogP contribution in [0.5, 0.6) is 0 Å². The maximum absolute atomic E-state index is 3.88. The molecule has 0 atom stereocenters. The average molecular weight is 300 g/mol. The molecule has 14 heavy (non-hydrogen) atoms. The van der Waals surface area contributed by atoms with E-state index in [0.717, 1.165) is 0 Å². The van der Waals surface area contributed by atoms with Crippen LogP contribution in [0.1, 0.15) is 11.1 Å². The molecule has 0 saturated carbocycles. The molecule has 0 nitrogen and oxygen atoms in total. The Morgan fingerprint density at radius 3 is 2.64 bits per heavy atom. The van der Waals surface area contributed by atoms with Crippen LogP contribution in [-0.2, 0) is 0 Å². The summed E-state index contributed by atoms with van der Waals surface area (Å²) >= 11 is 0.172. The quantitative estimate of drug-likeness (QED) is 0.788. The molecule has 0 amide bonds. The van der Waals surface area contributed by atoms with Gasteiger partial charge in [0.2, 0.25) is 0 Å². The molecule has 0 fully saturated rings. The summed E-state index contributed by atoms with van der Waals surface area (Å²) in [6.07, 6.45) is 3.93. The third-order valence-corrected chi connectivity index (χ3v) is 5.14. The minimum atomic E-state index is 0.172. The summed E-state index contributed by atoms with van der Waals surface area (Å²) in [5.41, 5.74) is 3.97. The van der Waals surface area contributed by atoms with E-state index in [0.29, 0.717) is 0 Å². The van der Waals surface area contributed by atoms with Crippen molar-refractivity contribution in [2.75, 3.05) is 0 Å². The summed E-state index contributed by atoms with van der Waals surface area (Å²) < 4.78 is 2.86. The topological polar surface area (TPSA) is 0 Å². The molecule has 0 aromatic heterocycles. The third kappa shape index (κ3) is 1.73.